The first-order chi connectivity index (χ1) is 6.75. The largest absolute Gasteiger partial charge is 0.272 e. The van der Waals surface area contributed by atoms with Gasteiger partial charge in [-0.05, 0) is 23.8 Å². The second kappa shape index (κ2) is 3.62. The molecule has 0 atom stereocenters. The molecule has 0 saturated heterocycles. The number of aromatic nitrogens is 2. The zero-order valence-electron chi connectivity index (χ0n) is 7.94. The highest BCUT2D eigenvalue weighted by Crippen LogP contribution is 2.09. The van der Waals surface area contributed by atoms with Gasteiger partial charge in [-0.25, -0.2) is 4.39 Å². The van der Waals surface area contributed by atoms with Gasteiger partial charge in [0.25, 0.3) is 0 Å². The number of aryl methyl sites for hydroxylation is 1. The minimum atomic E-state index is -0.190. The lowest BCUT2D eigenvalue weighted by molar-refractivity contribution is 0.625. The van der Waals surface area contributed by atoms with Crippen LogP contribution in [0.4, 0.5) is 4.39 Å². The van der Waals surface area contributed by atoms with E-state index < -0.39 is 0 Å². The molecular formula is C11H11FN2. The molecule has 0 spiro atoms. The molecule has 2 rings (SSSR count). The number of benzene rings is 1. The fraction of sp³-hybridized carbons (Fsp3) is 0.182. The average molecular weight is 190 g/mol. The first-order valence-electron chi connectivity index (χ1n) is 4.47. The lowest BCUT2D eigenvalue weighted by Crippen LogP contribution is -1.99. The summed E-state index contributed by atoms with van der Waals surface area (Å²) in [6, 6.07) is 8.57. The number of rotatable bonds is 2. The summed E-state index contributed by atoms with van der Waals surface area (Å²) in [6.07, 6.45) is 2.46. The van der Waals surface area contributed by atoms with Crippen molar-refractivity contribution in [1.82, 2.24) is 9.78 Å². The fourth-order valence-electron chi connectivity index (χ4n) is 1.43. The maximum Gasteiger partial charge on any atom is 0.123 e. The van der Waals surface area contributed by atoms with Crippen LogP contribution in [0.1, 0.15) is 11.3 Å². The maximum atomic E-state index is 12.9. The van der Waals surface area contributed by atoms with Crippen molar-refractivity contribution in [3.05, 3.63) is 53.6 Å². The van der Waals surface area contributed by atoms with E-state index in [4.69, 9.17) is 0 Å². The molecule has 0 fully saturated rings. The summed E-state index contributed by atoms with van der Waals surface area (Å²) in [5, 5.41) is 4.06. The van der Waals surface area contributed by atoms with Crippen LogP contribution in [0.5, 0.6) is 0 Å². The Kier molecular flexibility index (Phi) is 2.31. The van der Waals surface area contributed by atoms with Crippen LogP contribution < -0.4 is 0 Å². The lowest BCUT2D eigenvalue weighted by atomic mass is 10.1. The SMILES string of the molecule is Cn1nccc1Cc1cccc(F)c1. The van der Waals surface area contributed by atoms with E-state index in [2.05, 4.69) is 5.10 Å². The summed E-state index contributed by atoms with van der Waals surface area (Å²) >= 11 is 0. The van der Waals surface area contributed by atoms with Crippen molar-refractivity contribution in [1.29, 1.82) is 0 Å². The minimum Gasteiger partial charge on any atom is -0.272 e. The molecular weight excluding hydrogens is 179 g/mol. The van der Waals surface area contributed by atoms with Crippen LogP contribution in [0.25, 0.3) is 0 Å². The maximum absolute atomic E-state index is 12.9. The third kappa shape index (κ3) is 1.82. The Morgan fingerprint density at radius 2 is 2.21 bits per heavy atom. The molecule has 0 aliphatic heterocycles. The predicted molar refractivity (Wildman–Crippen MR) is 52.4 cm³/mol. The summed E-state index contributed by atoms with van der Waals surface area (Å²) in [6.45, 7) is 0. The molecule has 0 bridgehead atoms. The van der Waals surface area contributed by atoms with E-state index >= 15 is 0 Å². The molecule has 0 radical (unpaired) electrons. The second-order valence-electron chi connectivity index (χ2n) is 3.25. The highest BCUT2D eigenvalue weighted by atomic mass is 19.1. The normalized spacial score (nSPS) is 10.4. The molecule has 1 aromatic carbocycles. The van der Waals surface area contributed by atoms with E-state index in [1.54, 1.807) is 23.0 Å². The van der Waals surface area contributed by atoms with Gasteiger partial charge in [0.15, 0.2) is 0 Å². The molecule has 2 nitrogen and oxygen atoms in total. The highest BCUT2D eigenvalue weighted by molar-refractivity contribution is 5.22. The molecule has 3 heteroatoms. The van der Waals surface area contributed by atoms with Crippen molar-refractivity contribution in [3.8, 4) is 0 Å². The van der Waals surface area contributed by atoms with Crippen molar-refractivity contribution in [2.75, 3.05) is 0 Å². The molecule has 2 aromatic rings. The van der Waals surface area contributed by atoms with Crippen LogP contribution in [0, 0.1) is 5.82 Å². The monoisotopic (exact) mass is 190 g/mol. The molecule has 1 heterocycles. The zero-order valence-corrected chi connectivity index (χ0v) is 7.94. The predicted octanol–water partition coefficient (Wildman–Crippen LogP) is 2.15. The zero-order chi connectivity index (χ0) is 9.97. The van der Waals surface area contributed by atoms with E-state index in [-0.39, 0.29) is 5.82 Å². The van der Waals surface area contributed by atoms with Crippen molar-refractivity contribution in [3.63, 3.8) is 0 Å². The molecule has 0 aliphatic carbocycles. The molecule has 0 unspecified atom stereocenters. The third-order valence-electron chi connectivity index (χ3n) is 2.20. The standard InChI is InChI=1S/C11H11FN2/c1-14-11(5-6-13-14)8-9-3-2-4-10(12)7-9/h2-7H,8H2,1H3. The Morgan fingerprint density at radius 1 is 1.36 bits per heavy atom. The van der Waals surface area contributed by atoms with Gasteiger partial charge >= 0.3 is 0 Å². The molecule has 14 heavy (non-hydrogen) atoms. The van der Waals surface area contributed by atoms with Gasteiger partial charge in [-0.2, -0.15) is 5.10 Å². The van der Waals surface area contributed by atoms with Crippen LogP contribution in [0.3, 0.4) is 0 Å². The summed E-state index contributed by atoms with van der Waals surface area (Å²) in [4.78, 5) is 0. The van der Waals surface area contributed by atoms with Crippen LogP contribution >= 0.6 is 0 Å². The molecule has 0 aliphatic rings. The lowest BCUT2D eigenvalue weighted by Gasteiger charge is -2.01. The van der Waals surface area contributed by atoms with Crippen LogP contribution in [-0.4, -0.2) is 9.78 Å². The second-order valence-corrected chi connectivity index (χ2v) is 3.25. The van der Waals surface area contributed by atoms with Crippen molar-refractivity contribution in [2.45, 2.75) is 6.42 Å². The first-order valence-corrected chi connectivity index (χ1v) is 4.47. The van der Waals surface area contributed by atoms with Gasteiger partial charge in [0, 0.05) is 25.4 Å². The molecule has 0 amide bonds. The van der Waals surface area contributed by atoms with Crippen LogP contribution in [-0.2, 0) is 13.5 Å². The van der Waals surface area contributed by atoms with E-state index in [1.807, 2.05) is 19.2 Å². The van der Waals surface area contributed by atoms with E-state index in [0.717, 1.165) is 11.3 Å². The quantitative estimate of drug-likeness (QED) is 0.709. The van der Waals surface area contributed by atoms with Gasteiger partial charge in [-0.3, -0.25) is 4.68 Å². The van der Waals surface area contributed by atoms with E-state index in [1.165, 1.54) is 6.07 Å². The number of hydrogen-bond donors (Lipinski definition) is 0. The fourth-order valence-corrected chi connectivity index (χ4v) is 1.43. The highest BCUT2D eigenvalue weighted by Gasteiger charge is 2.00. The number of halogens is 1. The van der Waals surface area contributed by atoms with Crippen molar-refractivity contribution < 1.29 is 4.39 Å². The van der Waals surface area contributed by atoms with Crippen LogP contribution in [0.15, 0.2) is 36.5 Å². The van der Waals surface area contributed by atoms with E-state index in [0.29, 0.717) is 6.42 Å². The van der Waals surface area contributed by atoms with Crippen molar-refractivity contribution >= 4 is 0 Å². The third-order valence-corrected chi connectivity index (χ3v) is 2.20. The molecule has 1 aromatic heterocycles. The van der Waals surface area contributed by atoms with Gasteiger partial charge in [0.1, 0.15) is 5.82 Å². The Labute approximate surface area is 82.0 Å². The Bertz CT molecular complexity index is 434. The Balaban J connectivity index is 2.23. The molecule has 0 N–H and O–H groups in total. The first kappa shape index (κ1) is 8.94. The van der Waals surface area contributed by atoms with E-state index in [9.17, 15) is 4.39 Å². The number of nitrogens with zero attached hydrogens (tertiary/aromatic N) is 2. The van der Waals surface area contributed by atoms with Gasteiger partial charge in [0.2, 0.25) is 0 Å². The summed E-state index contributed by atoms with van der Waals surface area (Å²) in [5.74, 6) is -0.190. The smallest absolute Gasteiger partial charge is 0.123 e. The van der Waals surface area contributed by atoms with Gasteiger partial charge in [-0.15, -0.1) is 0 Å². The van der Waals surface area contributed by atoms with Crippen LogP contribution in [0.2, 0.25) is 0 Å². The topological polar surface area (TPSA) is 17.8 Å². The average Bonchev–Trinajstić information content (AvgIpc) is 2.52. The summed E-state index contributed by atoms with van der Waals surface area (Å²) < 4.78 is 14.7. The minimum absolute atomic E-state index is 0.190. The van der Waals surface area contributed by atoms with Gasteiger partial charge in [-0.1, -0.05) is 12.1 Å². The van der Waals surface area contributed by atoms with Crippen molar-refractivity contribution in [2.24, 2.45) is 7.05 Å². The summed E-state index contributed by atoms with van der Waals surface area (Å²) in [5.41, 5.74) is 2.05. The number of hydrogen-bond acceptors (Lipinski definition) is 1. The van der Waals surface area contributed by atoms with Gasteiger partial charge < -0.3 is 0 Å². The summed E-state index contributed by atoms with van der Waals surface area (Å²) in [7, 11) is 1.88. The Morgan fingerprint density at radius 3 is 2.86 bits per heavy atom. The molecule has 72 valence electrons. The van der Waals surface area contributed by atoms with Gasteiger partial charge in [0.05, 0.1) is 0 Å². The molecule has 0 saturated carbocycles. The Hall–Kier alpha value is -1.64.